The number of rotatable bonds is 2. The van der Waals surface area contributed by atoms with Crippen LogP contribution in [0.2, 0.25) is 0 Å². The van der Waals surface area contributed by atoms with Gasteiger partial charge in [-0.05, 0) is 30.7 Å². The van der Waals surface area contributed by atoms with Gasteiger partial charge in [0.15, 0.2) is 0 Å². The second-order valence-electron chi connectivity index (χ2n) is 5.28. The number of benzene rings is 2. The zero-order chi connectivity index (χ0) is 14.9. The number of aromatic nitrogens is 3. The molecule has 0 radical (unpaired) electrons. The second-order valence-corrected chi connectivity index (χ2v) is 5.28. The Labute approximate surface area is 128 Å². The van der Waals surface area contributed by atoms with Crippen molar-refractivity contribution in [3.05, 3.63) is 72.0 Å². The highest BCUT2D eigenvalue weighted by Gasteiger charge is 2.21. The third-order valence-electron chi connectivity index (χ3n) is 3.78. The van der Waals surface area contributed by atoms with Crippen molar-refractivity contribution < 1.29 is 4.74 Å². The molecule has 0 amide bonds. The van der Waals surface area contributed by atoms with E-state index in [1.165, 1.54) is 11.1 Å². The summed E-state index contributed by atoms with van der Waals surface area (Å²) >= 11 is 0. The summed E-state index contributed by atoms with van der Waals surface area (Å²) in [7, 11) is 0. The van der Waals surface area contributed by atoms with E-state index in [0.717, 1.165) is 16.8 Å². The zero-order valence-electron chi connectivity index (χ0n) is 12.2. The molecule has 1 aliphatic rings. The molecule has 2 aromatic carbocycles. The van der Waals surface area contributed by atoms with E-state index in [1.54, 1.807) is 4.68 Å². The number of para-hydroxylation sites is 1. The maximum Gasteiger partial charge on any atom is 0.139 e. The molecule has 22 heavy (non-hydrogen) atoms. The number of allylic oxidation sites excluding steroid dienone is 1. The average molecular weight is 289 g/mol. The molecule has 1 aromatic heterocycles. The van der Waals surface area contributed by atoms with Gasteiger partial charge in [-0.2, -0.15) is 0 Å². The van der Waals surface area contributed by atoms with E-state index >= 15 is 0 Å². The highest BCUT2D eigenvalue weighted by Crippen LogP contribution is 2.30. The first-order valence-electron chi connectivity index (χ1n) is 7.27. The van der Waals surface area contributed by atoms with Gasteiger partial charge < -0.3 is 4.74 Å². The van der Waals surface area contributed by atoms with Crippen LogP contribution in [0.25, 0.3) is 22.8 Å². The molecule has 0 N–H and O–H groups in total. The molecule has 1 unspecified atom stereocenters. The second kappa shape index (κ2) is 5.15. The lowest BCUT2D eigenvalue weighted by molar-refractivity contribution is 0.205. The molecule has 0 aliphatic carbocycles. The van der Waals surface area contributed by atoms with Crippen LogP contribution in [0.1, 0.15) is 12.5 Å². The lowest BCUT2D eigenvalue weighted by Crippen LogP contribution is -2.02. The lowest BCUT2D eigenvalue weighted by Gasteiger charge is -2.09. The van der Waals surface area contributed by atoms with Crippen molar-refractivity contribution in [3.63, 3.8) is 0 Å². The van der Waals surface area contributed by atoms with Gasteiger partial charge in [-0.15, -0.1) is 5.10 Å². The minimum atomic E-state index is 0.0310. The average Bonchev–Trinajstić information content (AvgIpc) is 3.13. The summed E-state index contributed by atoms with van der Waals surface area (Å²) in [5.41, 5.74) is 4.20. The quantitative estimate of drug-likeness (QED) is 0.721. The number of ether oxygens (including phenoxy) is 1. The van der Waals surface area contributed by atoms with Crippen LogP contribution in [0.4, 0.5) is 0 Å². The Morgan fingerprint density at radius 2 is 1.82 bits per heavy atom. The summed E-state index contributed by atoms with van der Waals surface area (Å²) < 4.78 is 7.68. The highest BCUT2D eigenvalue weighted by molar-refractivity contribution is 5.78. The molecule has 0 fully saturated rings. The van der Waals surface area contributed by atoms with Gasteiger partial charge in [0.05, 0.1) is 11.7 Å². The SMILES string of the molecule is CC1O/C(=C\n2nnc3ccccc32)C=C1c1ccccc1. The van der Waals surface area contributed by atoms with E-state index in [2.05, 4.69) is 35.4 Å². The first-order chi connectivity index (χ1) is 10.8. The van der Waals surface area contributed by atoms with Crippen LogP contribution < -0.4 is 0 Å². The number of nitrogens with zero attached hydrogens (tertiary/aromatic N) is 3. The molecule has 0 saturated heterocycles. The summed E-state index contributed by atoms with van der Waals surface area (Å²) in [6.07, 6.45) is 3.97. The summed E-state index contributed by atoms with van der Waals surface area (Å²) in [5, 5.41) is 8.31. The molecular weight excluding hydrogens is 274 g/mol. The Kier molecular flexibility index (Phi) is 3.00. The van der Waals surface area contributed by atoms with Crippen LogP contribution in [0.3, 0.4) is 0 Å². The van der Waals surface area contributed by atoms with E-state index < -0.39 is 0 Å². The largest absolute Gasteiger partial charge is 0.484 e. The van der Waals surface area contributed by atoms with E-state index in [-0.39, 0.29) is 6.10 Å². The van der Waals surface area contributed by atoms with E-state index in [4.69, 9.17) is 4.74 Å². The van der Waals surface area contributed by atoms with Gasteiger partial charge in [0.2, 0.25) is 0 Å². The molecule has 4 nitrogen and oxygen atoms in total. The molecule has 4 rings (SSSR count). The summed E-state index contributed by atoms with van der Waals surface area (Å²) in [5.74, 6) is 0.794. The maximum absolute atomic E-state index is 5.93. The van der Waals surface area contributed by atoms with Crippen molar-refractivity contribution in [2.75, 3.05) is 0 Å². The third-order valence-corrected chi connectivity index (χ3v) is 3.78. The zero-order valence-corrected chi connectivity index (χ0v) is 12.2. The molecular formula is C18H15N3O. The van der Waals surface area contributed by atoms with Gasteiger partial charge in [0.1, 0.15) is 17.4 Å². The van der Waals surface area contributed by atoms with Gasteiger partial charge in [-0.25, -0.2) is 4.68 Å². The van der Waals surface area contributed by atoms with Crippen LogP contribution >= 0.6 is 0 Å². The Hall–Kier alpha value is -2.88. The van der Waals surface area contributed by atoms with E-state index in [0.29, 0.717) is 0 Å². The first kappa shape index (κ1) is 12.8. The summed E-state index contributed by atoms with van der Waals surface area (Å²) in [6, 6.07) is 18.2. The Morgan fingerprint density at radius 3 is 2.68 bits per heavy atom. The van der Waals surface area contributed by atoms with Crippen molar-refractivity contribution >= 4 is 22.8 Å². The van der Waals surface area contributed by atoms with E-state index in [1.807, 2.05) is 48.7 Å². The van der Waals surface area contributed by atoms with Crippen LogP contribution in [-0.4, -0.2) is 21.1 Å². The van der Waals surface area contributed by atoms with Crippen molar-refractivity contribution in [1.29, 1.82) is 0 Å². The molecule has 4 heteroatoms. The van der Waals surface area contributed by atoms with Crippen molar-refractivity contribution in [1.82, 2.24) is 15.0 Å². The molecule has 0 bridgehead atoms. The maximum atomic E-state index is 5.93. The number of hydrogen-bond donors (Lipinski definition) is 0. The molecule has 2 heterocycles. The third kappa shape index (κ3) is 2.19. The number of fused-ring (bicyclic) bond motifs is 1. The fourth-order valence-electron chi connectivity index (χ4n) is 2.69. The molecule has 0 spiro atoms. The lowest BCUT2D eigenvalue weighted by atomic mass is 10.0. The van der Waals surface area contributed by atoms with Crippen LogP contribution in [-0.2, 0) is 4.74 Å². The molecule has 3 aromatic rings. The Balaban J connectivity index is 1.73. The van der Waals surface area contributed by atoms with Gasteiger partial charge >= 0.3 is 0 Å². The van der Waals surface area contributed by atoms with Crippen LogP contribution in [0.5, 0.6) is 0 Å². The predicted molar refractivity (Wildman–Crippen MR) is 86.8 cm³/mol. The smallest absolute Gasteiger partial charge is 0.139 e. The highest BCUT2D eigenvalue weighted by atomic mass is 16.5. The van der Waals surface area contributed by atoms with Crippen molar-refractivity contribution in [3.8, 4) is 0 Å². The van der Waals surface area contributed by atoms with E-state index in [9.17, 15) is 0 Å². The Bertz CT molecular complexity index is 877. The topological polar surface area (TPSA) is 39.9 Å². The fraction of sp³-hybridized carbons (Fsp3) is 0.111. The number of hydrogen-bond acceptors (Lipinski definition) is 3. The van der Waals surface area contributed by atoms with Gasteiger partial charge in [0, 0.05) is 5.57 Å². The molecule has 0 saturated carbocycles. The van der Waals surface area contributed by atoms with Gasteiger partial charge in [-0.1, -0.05) is 47.7 Å². The monoisotopic (exact) mass is 289 g/mol. The minimum Gasteiger partial charge on any atom is -0.484 e. The molecule has 1 aliphatic heterocycles. The first-order valence-corrected chi connectivity index (χ1v) is 7.27. The molecule has 1 atom stereocenters. The van der Waals surface area contributed by atoms with Crippen LogP contribution in [0.15, 0.2) is 66.4 Å². The normalized spacial score (nSPS) is 19.4. The minimum absolute atomic E-state index is 0.0310. The Morgan fingerprint density at radius 1 is 1.05 bits per heavy atom. The van der Waals surface area contributed by atoms with Gasteiger partial charge in [0.25, 0.3) is 0 Å². The fourth-order valence-corrected chi connectivity index (χ4v) is 2.69. The van der Waals surface area contributed by atoms with Gasteiger partial charge in [-0.3, -0.25) is 0 Å². The van der Waals surface area contributed by atoms with Crippen LogP contribution in [0, 0.1) is 0 Å². The van der Waals surface area contributed by atoms with Crippen molar-refractivity contribution in [2.24, 2.45) is 0 Å². The summed E-state index contributed by atoms with van der Waals surface area (Å²) in [6.45, 7) is 2.05. The summed E-state index contributed by atoms with van der Waals surface area (Å²) in [4.78, 5) is 0. The molecule has 108 valence electrons. The predicted octanol–water partition coefficient (Wildman–Crippen LogP) is 3.73. The standard InChI is InChI=1S/C18H15N3O/c1-13-16(14-7-3-2-4-8-14)11-15(22-13)12-21-18-10-6-5-9-17(18)19-20-21/h2-13H,1H3/b15-12-. The van der Waals surface area contributed by atoms with Crippen molar-refractivity contribution in [2.45, 2.75) is 13.0 Å².